The van der Waals surface area contributed by atoms with Crippen molar-refractivity contribution in [2.75, 3.05) is 0 Å². The third-order valence-electron chi connectivity index (χ3n) is 5.20. The number of hydrogen-bond acceptors (Lipinski definition) is 3. The summed E-state index contributed by atoms with van der Waals surface area (Å²) in [5, 5.41) is 0. The number of alkyl halides is 24. The van der Waals surface area contributed by atoms with Gasteiger partial charge in [0.1, 0.15) is 9.70 Å². The van der Waals surface area contributed by atoms with Gasteiger partial charge in [-0.05, 0) is 95.6 Å². The van der Waals surface area contributed by atoms with Crippen molar-refractivity contribution in [1.82, 2.24) is 13.7 Å². The van der Waals surface area contributed by atoms with E-state index >= 15 is 0 Å². The minimum Gasteiger partial charge on any atom is -0.247 e. The standard InChI is InChI=1S/C15H3Br24N3O3/c16-1(17)7(22,23)10(28,29)13(34,35)40-4(43)41(14(36,37)11(30,31)8(24,25)2(18)19)6(45)42(5(40)44)15(38,39)12(32,33)9(26,27)3(20)21/h1-3H. The highest BCUT2D eigenvalue weighted by Crippen LogP contribution is 2.67. The van der Waals surface area contributed by atoms with Gasteiger partial charge < -0.3 is 0 Å². The molecular weight excluding hydrogens is 2190 g/mol. The van der Waals surface area contributed by atoms with E-state index in [0.717, 1.165) is 13.7 Å². The highest BCUT2D eigenvalue weighted by atomic mass is 80.0. The topological polar surface area (TPSA) is 66.0 Å². The first kappa shape index (κ1) is 52.9. The Balaban J connectivity index is 4.81. The van der Waals surface area contributed by atoms with Crippen LogP contribution in [0.3, 0.4) is 0 Å². The zero-order valence-corrected chi connectivity index (χ0v) is 57.4. The molecule has 30 heteroatoms. The van der Waals surface area contributed by atoms with Gasteiger partial charge in [-0.25, -0.2) is 28.1 Å². The van der Waals surface area contributed by atoms with E-state index in [-0.39, 0.29) is 0 Å². The lowest BCUT2D eigenvalue weighted by Crippen LogP contribution is -2.70. The second-order valence-electron chi connectivity index (χ2n) is 7.97. The van der Waals surface area contributed by atoms with E-state index in [9.17, 15) is 14.4 Å². The Labute approximate surface area is 457 Å². The molecule has 0 saturated heterocycles. The molecule has 0 aliphatic rings. The molecule has 0 bridgehead atoms. The molecule has 0 aliphatic carbocycles. The molecule has 1 aromatic rings. The number of nitrogens with zero attached hydrogens (tertiary/aromatic N) is 3. The van der Waals surface area contributed by atoms with E-state index < -0.39 is 57.8 Å². The summed E-state index contributed by atoms with van der Waals surface area (Å²) in [7, 11) is 0. The van der Waals surface area contributed by atoms with E-state index in [1.165, 1.54) is 0 Å². The van der Waals surface area contributed by atoms with Crippen molar-refractivity contribution in [3.63, 3.8) is 0 Å². The molecule has 264 valence electrons. The van der Waals surface area contributed by atoms with E-state index in [1.807, 2.05) is 0 Å². The Morgan fingerprint density at radius 2 is 0.467 bits per heavy atom. The molecule has 0 saturated carbocycles. The smallest absolute Gasteiger partial charge is 0.247 e. The van der Waals surface area contributed by atoms with Crippen LogP contribution in [0, 0.1) is 0 Å². The molecule has 0 unspecified atom stereocenters. The molecule has 0 N–H and O–H groups in total. The summed E-state index contributed by atoms with van der Waals surface area (Å²) in [4.78, 5) is 44.2. The van der Waals surface area contributed by atoms with Gasteiger partial charge in [0.25, 0.3) is 0 Å². The van der Waals surface area contributed by atoms with Gasteiger partial charge in [-0.15, -0.1) is 0 Å². The van der Waals surface area contributed by atoms with Crippen molar-refractivity contribution in [3.05, 3.63) is 31.5 Å². The van der Waals surface area contributed by atoms with Gasteiger partial charge in [-0.2, -0.15) is 0 Å². The lowest BCUT2D eigenvalue weighted by molar-refractivity contribution is 0.388. The number of rotatable bonds is 12. The van der Waals surface area contributed by atoms with Crippen LogP contribution in [0.5, 0.6) is 0 Å². The lowest BCUT2D eigenvalue weighted by atomic mass is 10.3. The maximum atomic E-state index is 14.7. The zero-order chi connectivity index (χ0) is 36.7. The first-order valence-electron chi connectivity index (χ1n) is 9.70. The van der Waals surface area contributed by atoms with E-state index in [2.05, 4.69) is 382 Å². The molecule has 6 nitrogen and oxygen atoms in total. The third-order valence-corrected chi connectivity index (χ3v) is 48.7. The number of aromatic nitrogens is 3. The highest BCUT2D eigenvalue weighted by Gasteiger charge is 2.67. The van der Waals surface area contributed by atoms with Crippen LogP contribution in [0.1, 0.15) is 0 Å². The normalized spacial score (nSPS) is 15.5. The van der Waals surface area contributed by atoms with E-state index in [0.29, 0.717) is 0 Å². The van der Waals surface area contributed by atoms with Gasteiger partial charge in [-0.3, -0.25) is 0 Å². The third kappa shape index (κ3) is 9.47. The minimum absolute atomic E-state index is 0.530. The average molecular weight is 2190 g/mol. The molecule has 45 heavy (non-hydrogen) atoms. The Morgan fingerprint density at radius 3 is 0.578 bits per heavy atom. The molecule has 1 rings (SSSR count). The van der Waals surface area contributed by atoms with Gasteiger partial charge in [-0.1, -0.05) is 287 Å². The molecule has 0 aromatic carbocycles. The summed E-state index contributed by atoms with van der Waals surface area (Å²) >= 11 is 85.3. The molecule has 0 atom stereocenters. The predicted molar refractivity (Wildman–Crippen MR) is 275 cm³/mol. The maximum absolute atomic E-state index is 14.7. The molecule has 0 amide bonds. The maximum Gasteiger partial charge on any atom is 0.340 e. The number of halogens is 24. The Hall–Kier alpha value is 9.93. The summed E-state index contributed by atoms with van der Waals surface area (Å²) in [6.07, 6.45) is 0. The van der Waals surface area contributed by atoms with Crippen LogP contribution < -0.4 is 17.1 Å². The highest BCUT2D eigenvalue weighted by molar-refractivity contribution is 9.36. The summed E-state index contributed by atoms with van der Waals surface area (Å²) in [6, 6.07) is 0. The summed E-state index contributed by atoms with van der Waals surface area (Å²) < 4.78 is -13.0. The van der Waals surface area contributed by atoms with Gasteiger partial charge in [0.2, 0.25) is 0 Å². The average Bonchev–Trinajstić information content (AvgIpc) is 2.82. The van der Waals surface area contributed by atoms with Crippen LogP contribution >= 0.6 is 382 Å². The fourth-order valence-electron chi connectivity index (χ4n) is 2.70. The van der Waals surface area contributed by atoms with Crippen molar-refractivity contribution < 1.29 is 0 Å². The van der Waals surface area contributed by atoms with E-state index in [1.54, 1.807) is 0 Å². The molecular formula is C15H3Br24N3O3. The van der Waals surface area contributed by atoms with Gasteiger partial charge in [0, 0.05) is 0 Å². The molecule has 0 fully saturated rings. The predicted octanol–water partition coefficient (Wildman–Crippen LogP) is 15.6. The minimum atomic E-state index is -1.87. The van der Waals surface area contributed by atoms with Gasteiger partial charge in [0.15, 0.2) is 19.8 Å². The van der Waals surface area contributed by atoms with Crippen LogP contribution in [-0.4, -0.2) is 44.3 Å². The first-order chi connectivity index (χ1) is 19.4. The van der Waals surface area contributed by atoms with Crippen molar-refractivity contribution in [1.29, 1.82) is 0 Å². The quantitative estimate of drug-likeness (QED) is 0.196. The van der Waals surface area contributed by atoms with Crippen LogP contribution in [0.15, 0.2) is 14.4 Å². The van der Waals surface area contributed by atoms with Crippen molar-refractivity contribution in [2.45, 2.75) is 40.7 Å². The van der Waals surface area contributed by atoms with E-state index in [4.69, 9.17) is 0 Å². The molecule has 0 spiro atoms. The first-order valence-corrected chi connectivity index (χ1v) is 29.5. The Bertz CT molecular complexity index is 1250. The van der Waals surface area contributed by atoms with Crippen LogP contribution in [0.25, 0.3) is 0 Å². The Kier molecular flexibility index (Phi) is 21.5. The monoisotopic (exact) mass is 2170 g/mol. The zero-order valence-electron chi connectivity index (χ0n) is 19.4. The van der Waals surface area contributed by atoms with Crippen molar-refractivity contribution >= 4 is 382 Å². The summed E-state index contributed by atoms with van der Waals surface area (Å²) in [6.45, 7) is 0. The van der Waals surface area contributed by atoms with Crippen LogP contribution in [-0.2, 0) is 10.1 Å². The van der Waals surface area contributed by atoms with Crippen molar-refractivity contribution in [3.8, 4) is 0 Å². The van der Waals surface area contributed by atoms with Crippen LogP contribution in [0.2, 0.25) is 0 Å². The van der Waals surface area contributed by atoms with Gasteiger partial charge in [0.05, 0.1) is 11.2 Å². The van der Waals surface area contributed by atoms with Gasteiger partial charge >= 0.3 is 17.1 Å². The molecule has 0 aliphatic heterocycles. The summed E-state index contributed by atoms with van der Waals surface area (Å²) in [5.41, 5.74) is -3.30. The fourth-order valence-corrected chi connectivity index (χ4v) is 19.5. The SMILES string of the molecule is O=c1n(C(Br)(Br)C(Br)(Br)C(Br)(Br)C(Br)Br)c(=O)n(C(Br)(Br)C(Br)(Br)C(Br)(Br)C(Br)Br)c(=O)n1C(Br)(Br)C(Br)(Br)C(Br)(Br)C(Br)Br. The lowest BCUT2D eigenvalue weighted by Gasteiger charge is -2.47. The molecule has 1 aromatic heterocycles. The van der Waals surface area contributed by atoms with Crippen molar-refractivity contribution in [2.24, 2.45) is 0 Å². The molecule has 1 heterocycles. The largest absolute Gasteiger partial charge is 0.340 e. The second kappa shape index (κ2) is 18.3. The van der Waals surface area contributed by atoms with Crippen LogP contribution in [0.4, 0.5) is 0 Å². The molecule has 0 radical (unpaired) electrons. The fraction of sp³-hybridized carbons (Fsp3) is 0.800. The number of hydrogen-bond donors (Lipinski definition) is 0. The second-order valence-corrected chi connectivity index (χ2v) is 48.3. The summed E-state index contributed by atoms with van der Waals surface area (Å²) in [5.74, 6) is 0. The Morgan fingerprint density at radius 1 is 0.333 bits per heavy atom.